The fraction of sp³-hybridized carbons (Fsp3) is 0.710. The average Bonchev–Trinajstić information content (AvgIpc) is 3.02. The molecule has 8 atom stereocenters. The molecule has 2 aromatic rings. The largest absolute Gasteiger partial charge is 0.480 e. The smallest absolute Gasteiger partial charge is 0.326 e. The number of benzene rings is 1. The van der Waals surface area contributed by atoms with Crippen molar-refractivity contribution in [3.8, 4) is 0 Å². The first kappa shape index (κ1) is 23.5. The van der Waals surface area contributed by atoms with Gasteiger partial charge in [-0.3, -0.25) is 9.69 Å². The molecule has 4 heterocycles. The first-order chi connectivity index (χ1) is 18.4. The molecule has 1 aromatic heterocycles. The lowest BCUT2D eigenvalue weighted by Gasteiger charge is -2.56. The quantitative estimate of drug-likeness (QED) is 0.627. The van der Waals surface area contributed by atoms with Gasteiger partial charge in [0.25, 0.3) is 5.56 Å². The van der Waals surface area contributed by atoms with Crippen LogP contribution < -0.4 is 10.5 Å². The van der Waals surface area contributed by atoms with E-state index < -0.39 is 12.0 Å². The Kier molecular flexibility index (Phi) is 5.12. The molecule has 202 valence electrons. The van der Waals surface area contributed by atoms with Crippen molar-refractivity contribution in [1.82, 2.24) is 14.5 Å². The summed E-state index contributed by atoms with van der Waals surface area (Å²) in [5, 5.41) is 9.66. The van der Waals surface area contributed by atoms with Crippen LogP contribution in [0.15, 0.2) is 29.1 Å². The van der Waals surface area contributed by atoms with Crippen LogP contribution in [0.1, 0.15) is 83.6 Å². The minimum atomic E-state index is -0.872. The minimum absolute atomic E-state index is 0.105. The third-order valence-corrected chi connectivity index (χ3v) is 12.1. The van der Waals surface area contributed by atoms with Gasteiger partial charge < -0.3 is 14.6 Å². The Morgan fingerprint density at radius 1 is 0.947 bits per heavy atom. The molecule has 38 heavy (non-hydrogen) atoms. The summed E-state index contributed by atoms with van der Waals surface area (Å²) in [5.74, 6) is 2.27. The number of anilines is 1. The number of para-hydroxylation sites is 2. The highest BCUT2D eigenvalue weighted by molar-refractivity contribution is 5.81. The van der Waals surface area contributed by atoms with Crippen molar-refractivity contribution < 1.29 is 9.90 Å². The number of nitrogens with zero attached hydrogens (tertiary/aromatic N) is 4. The molecule has 7 heteroatoms. The van der Waals surface area contributed by atoms with Gasteiger partial charge in [-0.15, -0.1) is 0 Å². The third-order valence-electron chi connectivity index (χ3n) is 12.1. The second-order valence-electron chi connectivity index (χ2n) is 13.8. The van der Waals surface area contributed by atoms with E-state index in [4.69, 9.17) is 4.98 Å². The first-order valence-electron chi connectivity index (χ1n) is 15.2. The van der Waals surface area contributed by atoms with Crippen molar-refractivity contribution in [2.24, 2.45) is 23.2 Å². The second-order valence-corrected chi connectivity index (χ2v) is 13.8. The summed E-state index contributed by atoms with van der Waals surface area (Å²) in [6.45, 7) is 3.16. The highest BCUT2D eigenvalue weighted by atomic mass is 16.4. The number of aliphatic carboxylic acids is 1. The Balaban J connectivity index is 1.13. The van der Waals surface area contributed by atoms with E-state index in [0.717, 1.165) is 41.6 Å². The van der Waals surface area contributed by atoms with E-state index in [1.165, 1.54) is 51.4 Å². The summed E-state index contributed by atoms with van der Waals surface area (Å²) in [6.07, 6.45) is 13.5. The summed E-state index contributed by atoms with van der Waals surface area (Å²) in [7, 11) is 0. The van der Waals surface area contributed by atoms with Crippen LogP contribution in [0.2, 0.25) is 0 Å². The zero-order chi connectivity index (χ0) is 25.8. The van der Waals surface area contributed by atoms with Gasteiger partial charge in [0.05, 0.1) is 11.0 Å². The number of piperidine rings is 2. The van der Waals surface area contributed by atoms with E-state index in [9.17, 15) is 14.7 Å². The molecular weight excluding hydrogens is 476 g/mol. The molecule has 4 bridgehead atoms. The molecule has 0 amide bonds. The Morgan fingerprint density at radius 3 is 2.45 bits per heavy atom. The fourth-order valence-electron chi connectivity index (χ4n) is 10.2. The molecular formula is C31H40N4O3. The number of carbonyl (C=O) groups is 1. The van der Waals surface area contributed by atoms with Crippen molar-refractivity contribution in [3.05, 3.63) is 34.6 Å². The lowest BCUT2D eigenvalue weighted by atomic mass is 9.54. The van der Waals surface area contributed by atoms with Crippen LogP contribution in [0.25, 0.3) is 11.0 Å². The fourth-order valence-corrected chi connectivity index (χ4v) is 10.2. The summed E-state index contributed by atoms with van der Waals surface area (Å²) < 4.78 is 2.02. The van der Waals surface area contributed by atoms with Gasteiger partial charge in [0.2, 0.25) is 0 Å². The SMILES string of the molecule is CC12CC3CC(N4C5CCCC4CC(n4c(=O)c(N6CCC6C(=O)O)nc6ccccc64)C5)CC1CC2C3. The highest BCUT2D eigenvalue weighted by Gasteiger charge is 2.60. The van der Waals surface area contributed by atoms with Crippen LogP contribution in [-0.4, -0.2) is 56.2 Å². The zero-order valence-electron chi connectivity index (χ0n) is 22.5. The van der Waals surface area contributed by atoms with E-state index in [1.807, 2.05) is 28.8 Å². The van der Waals surface area contributed by atoms with Crippen LogP contribution >= 0.6 is 0 Å². The molecule has 0 radical (unpaired) electrons. The van der Waals surface area contributed by atoms with E-state index in [2.05, 4.69) is 11.8 Å². The molecule has 1 N–H and O–H groups in total. The molecule has 3 aliphatic carbocycles. The second kappa shape index (κ2) is 8.30. The summed E-state index contributed by atoms with van der Waals surface area (Å²) in [5.41, 5.74) is 2.20. The zero-order valence-corrected chi connectivity index (χ0v) is 22.5. The molecule has 8 rings (SSSR count). The number of rotatable bonds is 4. The van der Waals surface area contributed by atoms with Crippen LogP contribution in [0.4, 0.5) is 5.82 Å². The van der Waals surface area contributed by atoms with E-state index in [1.54, 1.807) is 4.90 Å². The molecule has 3 saturated heterocycles. The molecule has 0 spiro atoms. The predicted octanol–water partition coefficient (Wildman–Crippen LogP) is 4.83. The van der Waals surface area contributed by atoms with Crippen LogP contribution in [0.5, 0.6) is 0 Å². The van der Waals surface area contributed by atoms with Crippen molar-refractivity contribution in [2.75, 3.05) is 11.4 Å². The van der Waals surface area contributed by atoms with E-state index in [0.29, 0.717) is 42.3 Å². The van der Waals surface area contributed by atoms with Gasteiger partial charge in [-0.1, -0.05) is 25.5 Å². The molecule has 8 unspecified atom stereocenters. The molecule has 3 saturated carbocycles. The van der Waals surface area contributed by atoms with Crippen LogP contribution in [-0.2, 0) is 4.79 Å². The standard InChI is InChI=1S/C31H40N4O3/c1-31-17-18-11-19(31)13-20(31)14-23(12-18)34-21-5-4-6-22(34)16-24(15-21)35-26-8-3-2-7-25(26)32-28(29(35)36)33-10-9-27(33)30(37)38/h2-3,7-8,18-24,27H,4-6,9-17H2,1H3,(H,37,38). The highest BCUT2D eigenvalue weighted by Crippen LogP contribution is 2.67. The number of hydrogen-bond acceptors (Lipinski definition) is 5. The Bertz CT molecular complexity index is 1340. The molecule has 7 nitrogen and oxygen atoms in total. The van der Waals surface area contributed by atoms with Crippen LogP contribution in [0, 0.1) is 23.2 Å². The molecule has 6 aliphatic rings. The maximum Gasteiger partial charge on any atom is 0.326 e. The van der Waals surface area contributed by atoms with Gasteiger partial charge in [-0.05, 0) is 99.5 Å². The van der Waals surface area contributed by atoms with Crippen molar-refractivity contribution in [3.63, 3.8) is 0 Å². The van der Waals surface area contributed by atoms with E-state index >= 15 is 0 Å². The maximum absolute atomic E-state index is 14.1. The van der Waals surface area contributed by atoms with Gasteiger partial charge in [0, 0.05) is 30.7 Å². The summed E-state index contributed by atoms with van der Waals surface area (Å²) in [4.78, 5) is 35.2. The topological polar surface area (TPSA) is 78.7 Å². The molecule has 6 fully saturated rings. The number of carboxylic acids is 1. The van der Waals surface area contributed by atoms with Gasteiger partial charge >= 0.3 is 5.97 Å². The normalized spacial score (nSPS) is 41.9. The van der Waals surface area contributed by atoms with Crippen molar-refractivity contribution >= 4 is 22.8 Å². The van der Waals surface area contributed by atoms with Crippen molar-refractivity contribution in [1.29, 1.82) is 0 Å². The maximum atomic E-state index is 14.1. The summed E-state index contributed by atoms with van der Waals surface area (Å²) >= 11 is 0. The Labute approximate surface area is 224 Å². The first-order valence-corrected chi connectivity index (χ1v) is 15.2. The third kappa shape index (κ3) is 3.26. The van der Waals surface area contributed by atoms with Crippen LogP contribution in [0.3, 0.4) is 0 Å². The molecule has 1 aromatic carbocycles. The Hall–Kier alpha value is -2.41. The average molecular weight is 517 g/mol. The number of carboxylic acid groups (broad SMARTS) is 1. The van der Waals surface area contributed by atoms with Gasteiger partial charge in [0.1, 0.15) is 6.04 Å². The Morgan fingerprint density at radius 2 is 1.71 bits per heavy atom. The molecule has 3 aliphatic heterocycles. The number of fused-ring (bicyclic) bond motifs is 4. The van der Waals surface area contributed by atoms with Gasteiger partial charge in [-0.25, -0.2) is 9.78 Å². The number of hydrogen-bond donors (Lipinski definition) is 1. The van der Waals surface area contributed by atoms with Gasteiger partial charge in [0.15, 0.2) is 5.82 Å². The lowest BCUT2D eigenvalue weighted by Crippen LogP contribution is -2.59. The monoisotopic (exact) mass is 516 g/mol. The predicted molar refractivity (Wildman–Crippen MR) is 146 cm³/mol. The summed E-state index contributed by atoms with van der Waals surface area (Å²) in [6, 6.07) is 9.22. The minimum Gasteiger partial charge on any atom is -0.480 e. The van der Waals surface area contributed by atoms with Gasteiger partial charge in [-0.2, -0.15) is 0 Å². The number of aromatic nitrogens is 2. The lowest BCUT2D eigenvalue weighted by molar-refractivity contribution is -0.140. The van der Waals surface area contributed by atoms with Crippen molar-refractivity contribution in [2.45, 2.75) is 108 Å². The van der Waals surface area contributed by atoms with E-state index in [-0.39, 0.29) is 11.6 Å².